The number of nitrogens with one attached hydrogen (secondary N) is 1. The van der Waals surface area contributed by atoms with Crippen molar-refractivity contribution in [2.24, 2.45) is 11.7 Å². The summed E-state index contributed by atoms with van der Waals surface area (Å²) in [5, 5.41) is 2.72. The molecular weight excluding hydrogens is 329 g/mol. The molecule has 2 aromatic carbocycles. The standard InChI is InChI=1S/C21H26FN3O/c1-15-6-4-10-20(24-21(23)26)18(15)14-25-11-5-7-16(13-25)12-17-8-2-3-9-19(17)22/h2-4,6,8-10,16H,5,7,11-14H2,1H3,(H3,23,24,26). The first kappa shape index (κ1) is 18.4. The lowest BCUT2D eigenvalue weighted by atomic mass is 9.90. The van der Waals surface area contributed by atoms with E-state index in [1.165, 1.54) is 6.07 Å². The maximum absolute atomic E-state index is 14.0. The fourth-order valence-corrected chi connectivity index (χ4v) is 3.82. The van der Waals surface area contributed by atoms with Crippen molar-refractivity contribution in [1.82, 2.24) is 4.90 Å². The number of likely N-dealkylation sites (tertiary alicyclic amines) is 1. The molecule has 1 fully saturated rings. The third-order valence-electron chi connectivity index (χ3n) is 5.12. The monoisotopic (exact) mass is 355 g/mol. The average molecular weight is 355 g/mol. The van der Waals surface area contributed by atoms with E-state index in [-0.39, 0.29) is 5.82 Å². The lowest BCUT2D eigenvalue weighted by Crippen LogP contribution is -2.36. The Morgan fingerprint density at radius 1 is 1.27 bits per heavy atom. The van der Waals surface area contributed by atoms with E-state index < -0.39 is 6.03 Å². The minimum absolute atomic E-state index is 0.114. The SMILES string of the molecule is Cc1cccc(NC(N)=O)c1CN1CCCC(Cc2ccccc2F)C1. The Labute approximate surface area is 154 Å². The summed E-state index contributed by atoms with van der Waals surface area (Å²) in [5.74, 6) is 0.327. The van der Waals surface area contributed by atoms with E-state index >= 15 is 0 Å². The van der Waals surface area contributed by atoms with Crippen molar-refractivity contribution in [1.29, 1.82) is 0 Å². The van der Waals surface area contributed by atoms with Gasteiger partial charge in [-0.05, 0) is 67.5 Å². The molecule has 0 aromatic heterocycles. The van der Waals surface area contributed by atoms with E-state index in [1.54, 1.807) is 6.07 Å². The first-order valence-corrected chi connectivity index (χ1v) is 9.13. The second kappa shape index (κ2) is 8.32. The predicted molar refractivity (Wildman–Crippen MR) is 102 cm³/mol. The van der Waals surface area contributed by atoms with Gasteiger partial charge in [-0.2, -0.15) is 0 Å². The summed E-state index contributed by atoms with van der Waals surface area (Å²) in [4.78, 5) is 13.7. The molecule has 1 aliphatic heterocycles. The molecule has 26 heavy (non-hydrogen) atoms. The van der Waals surface area contributed by atoms with Gasteiger partial charge in [-0.1, -0.05) is 30.3 Å². The molecule has 1 heterocycles. The fraction of sp³-hybridized carbons (Fsp3) is 0.381. The van der Waals surface area contributed by atoms with Crippen LogP contribution in [0, 0.1) is 18.7 Å². The minimum atomic E-state index is -0.548. The van der Waals surface area contributed by atoms with Gasteiger partial charge < -0.3 is 11.1 Å². The molecule has 0 bridgehead atoms. The van der Waals surface area contributed by atoms with Crippen molar-refractivity contribution in [2.45, 2.75) is 32.7 Å². The number of hydrogen-bond donors (Lipinski definition) is 2. The topological polar surface area (TPSA) is 58.4 Å². The number of amides is 2. The van der Waals surface area contributed by atoms with Crippen LogP contribution in [0.1, 0.15) is 29.5 Å². The Hall–Kier alpha value is -2.40. The van der Waals surface area contributed by atoms with Crippen LogP contribution in [-0.2, 0) is 13.0 Å². The van der Waals surface area contributed by atoms with Crippen LogP contribution in [0.25, 0.3) is 0 Å². The van der Waals surface area contributed by atoms with Crippen LogP contribution >= 0.6 is 0 Å². The number of urea groups is 1. The van der Waals surface area contributed by atoms with E-state index in [9.17, 15) is 9.18 Å². The Morgan fingerprint density at radius 2 is 2.08 bits per heavy atom. The Balaban J connectivity index is 1.69. The molecule has 5 heteroatoms. The van der Waals surface area contributed by atoms with Crippen LogP contribution in [-0.4, -0.2) is 24.0 Å². The van der Waals surface area contributed by atoms with Gasteiger partial charge in [0, 0.05) is 18.8 Å². The summed E-state index contributed by atoms with van der Waals surface area (Å²) in [6.45, 7) is 4.75. The summed E-state index contributed by atoms with van der Waals surface area (Å²) in [7, 11) is 0. The molecule has 3 rings (SSSR count). The summed E-state index contributed by atoms with van der Waals surface area (Å²) >= 11 is 0. The van der Waals surface area contributed by atoms with Crippen molar-refractivity contribution < 1.29 is 9.18 Å². The molecule has 0 aliphatic carbocycles. The van der Waals surface area contributed by atoms with Gasteiger partial charge in [0.25, 0.3) is 0 Å². The van der Waals surface area contributed by atoms with Crippen molar-refractivity contribution in [3.63, 3.8) is 0 Å². The van der Waals surface area contributed by atoms with Crippen molar-refractivity contribution in [2.75, 3.05) is 18.4 Å². The average Bonchev–Trinajstić information content (AvgIpc) is 2.60. The number of primary amides is 1. The fourth-order valence-electron chi connectivity index (χ4n) is 3.82. The third kappa shape index (κ3) is 4.61. The zero-order valence-corrected chi connectivity index (χ0v) is 15.2. The van der Waals surface area contributed by atoms with Gasteiger partial charge in [-0.25, -0.2) is 9.18 Å². The normalized spacial score (nSPS) is 17.8. The molecule has 0 spiro atoms. The van der Waals surface area contributed by atoms with Crippen LogP contribution < -0.4 is 11.1 Å². The molecule has 0 radical (unpaired) electrons. The number of rotatable bonds is 5. The van der Waals surface area contributed by atoms with Crippen LogP contribution in [0.4, 0.5) is 14.9 Å². The number of nitrogens with zero attached hydrogens (tertiary/aromatic N) is 1. The molecule has 3 N–H and O–H groups in total. The van der Waals surface area contributed by atoms with Crippen LogP contribution in [0.3, 0.4) is 0 Å². The maximum Gasteiger partial charge on any atom is 0.316 e. The highest BCUT2D eigenvalue weighted by molar-refractivity contribution is 5.88. The third-order valence-corrected chi connectivity index (χ3v) is 5.12. The number of halogens is 1. The highest BCUT2D eigenvalue weighted by Gasteiger charge is 2.22. The van der Waals surface area contributed by atoms with Gasteiger partial charge in [-0.3, -0.25) is 4.90 Å². The van der Waals surface area contributed by atoms with Crippen molar-refractivity contribution in [3.8, 4) is 0 Å². The first-order valence-electron chi connectivity index (χ1n) is 9.13. The molecule has 2 amide bonds. The summed E-state index contributed by atoms with van der Waals surface area (Å²) < 4.78 is 14.0. The van der Waals surface area contributed by atoms with Gasteiger partial charge in [0.1, 0.15) is 5.82 Å². The van der Waals surface area contributed by atoms with E-state index in [0.29, 0.717) is 5.92 Å². The van der Waals surface area contributed by atoms with Gasteiger partial charge in [0.2, 0.25) is 0 Å². The van der Waals surface area contributed by atoms with Crippen LogP contribution in [0.15, 0.2) is 42.5 Å². The molecule has 4 nitrogen and oxygen atoms in total. The van der Waals surface area contributed by atoms with Crippen molar-refractivity contribution in [3.05, 3.63) is 65.0 Å². The second-order valence-corrected chi connectivity index (χ2v) is 7.13. The molecular formula is C21H26FN3O. The number of anilines is 1. The molecule has 1 atom stereocenters. The number of nitrogens with two attached hydrogens (primary N) is 1. The lowest BCUT2D eigenvalue weighted by Gasteiger charge is -2.33. The molecule has 2 aromatic rings. The number of piperidine rings is 1. The molecule has 1 saturated heterocycles. The van der Waals surface area contributed by atoms with E-state index in [0.717, 1.165) is 61.3 Å². The number of benzene rings is 2. The smallest absolute Gasteiger partial charge is 0.316 e. The zero-order valence-electron chi connectivity index (χ0n) is 15.2. The quantitative estimate of drug-likeness (QED) is 0.849. The lowest BCUT2D eigenvalue weighted by molar-refractivity contribution is 0.166. The minimum Gasteiger partial charge on any atom is -0.351 e. The summed E-state index contributed by atoms with van der Waals surface area (Å²) in [6.07, 6.45) is 2.98. The summed E-state index contributed by atoms with van der Waals surface area (Å²) in [6, 6.07) is 12.3. The highest BCUT2D eigenvalue weighted by atomic mass is 19.1. The number of carbonyl (C=O) groups excluding carboxylic acids is 1. The Morgan fingerprint density at radius 3 is 2.85 bits per heavy atom. The second-order valence-electron chi connectivity index (χ2n) is 7.13. The maximum atomic E-state index is 14.0. The van der Waals surface area contributed by atoms with Gasteiger partial charge in [-0.15, -0.1) is 0 Å². The van der Waals surface area contributed by atoms with Crippen molar-refractivity contribution >= 4 is 11.7 Å². The first-order chi connectivity index (χ1) is 12.5. The van der Waals surface area contributed by atoms with Gasteiger partial charge >= 0.3 is 6.03 Å². The van der Waals surface area contributed by atoms with E-state index in [2.05, 4.69) is 10.2 Å². The molecule has 138 valence electrons. The summed E-state index contributed by atoms with van der Waals surface area (Å²) in [5.41, 5.74) is 9.10. The van der Waals surface area contributed by atoms with Crippen LogP contribution in [0.5, 0.6) is 0 Å². The molecule has 1 unspecified atom stereocenters. The van der Waals surface area contributed by atoms with E-state index in [1.807, 2.05) is 37.3 Å². The zero-order chi connectivity index (χ0) is 18.5. The van der Waals surface area contributed by atoms with Gasteiger partial charge in [0.15, 0.2) is 0 Å². The molecule has 0 saturated carbocycles. The Bertz CT molecular complexity index is 778. The number of hydrogen-bond acceptors (Lipinski definition) is 2. The Kier molecular flexibility index (Phi) is 5.89. The van der Waals surface area contributed by atoms with Crippen LogP contribution in [0.2, 0.25) is 0 Å². The highest BCUT2D eigenvalue weighted by Crippen LogP contribution is 2.26. The van der Waals surface area contributed by atoms with Gasteiger partial charge in [0.05, 0.1) is 0 Å². The largest absolute Gasteiger partial charge is 0.351 e. The van der Waals surface area contributed by atoms with E-state index in [4.69, 9.17) is 5.73 Å². The number of carbonyl (C=O) groups is 1. The molecule has 1 aliphatic rings. The number of aryl methyl sites for hydroxylation is 1. The predicted octanol–water partition coefficient (Wildman–Crippen LogP) is 4.08.